The third-order valence-electron chi connectivity index (χ3n) is 3.59. The van der Waals surface area contributed by atoms with Crippen LogP contribution in [0.3, 0.4) is 0 Å². The van der Waals surface area contributed by atoms with Crippen LogP contribution in [-0.4, -0.2) is 12.6 Å². The van der Waals surface area contributed by atoms with Crippen LogP contribution in [0, 0.1) is 0 Å². The van der Waals surface area contributed by atoms with Crippen LogP contribution in [0.25, 0.3) is 0 Å². The van der Waals surface area contributed by atoms with Crippen molar-refractivity contribution < 1.29 is 0 Å². The van der Waals surface area contributed by atoms with Crippen molar-refractivity contribution in [2.24, 2.45) is 5.73 Å². The molecule has 2 nitrogen and oxygen atoms in total. The number of anilines is 1. The Labute approximate surface area is 118 Å². The lowest BCUT2D eigenvalue weighted by Gasteiger charge is -2.18. The molecule has 3 N–H and O–H groups in total. The van der Waals surface area contributed by atoms with Gasteiger partial charge in [0.1, 0.15) is 0 Å². The fraction of sp³-hybridized carbons (Fsp3) is 0.647. The number of benzene rings is 1. The van der Waals surface area contributed by atoms with Gasteiger partial charge in [-0.15, -0.1) is 0 Å². The van der Waals surface area contributed by atoms with Crippen molar-refractivity contribution in [1.82, 2.24) is 0 Å². The van der Waals surface area contributed by atoms with E-state index in [0.717, 1.165) is 0 Å². The maximum atomic E-state index is 5.84. The molecule has 0 saturated carbocycles. The molecule has 0 bridgehead atoms. The highest BCUT2D eigenvalue weighted by Crippen LogP contribution is 2.13. The molecule has 0 spiro atoms. The number of nitrogens with two attached hydrogens (primary N) is 1. The highest BCUT2D eigenvalue weighted by molar-refractivity contribution is 5.43. The standard InChI is InChI=1S/C17H30N2/c1-2-3-4-5-6-7-9-14-17(15-18)19-16-12-10-8-11-13-16/h8,10-13,17,19H,2-7,9,14-15,18H2,1H3. The first kappa shape index (κ1) is 16.0. The predicted molar refractivity (Wildman–Crippen MR) is 85.5 cm³/mol. The largest absolute Gasteiger partial charge is 0.381 e. The predicted octanol–water partition coefficient (Wildman–Crippen LogP) is 4.57. The molecule has 2 heteroatoms. The summed E-state index contributed by atoms with van der Waals surface area (Å²) in [5.41, 5.74) is 7.02. The Balaban J connectivity index is 2.09. The Kier molecular flexibility index (Phi) is 9.17. The molecule has 0 saturated heterocycles. The second kappa shape index (κ2) is 10.9. The maximum absolute atomic E-state index is 5.84. The van der Waals surface area contributed by atoms with Gasteiger partial charge in [0.2, 0.25) is 0 Å². The van der Waals surface area contributed by atoms with Crippen LogP contribution in [0.2, 0.25) is 0 Å². The molecule has 0 aromatic heterocycles. The Morgan fingerprint density at radius 2 is 1.58 bits per heavy atom. The summed E-state index contributed by atoms with van der Waals surface area (Å²) in [6.45, 7) is 2.98. The summed E-state index contributed by atoms with van der Waals surface area (Å²) in [6.07, 6.45) is 10.7. The van der Waals surface area contributed by atoms with E-state index in [2.05, 4.69) is 36.5 Å². The van der Waals surface area contributed by atoms with Crippen molar-refractivity contribution in [2.45, 2.75) is 64.3 Å². The van der Waals surface area contributed by atoms with Gasteiger partial charge in [-0.3, -0.25) is 0 Å². The fourth-order valence-corrected chi connectivity index (χ4v) is 2.37. The lowest BCUT2D eigenvalue weighted by molar-refractivity contribution is 0.548. The van der Waals surface area contributed by atoms with Crippen LogP contribution >= 0.6 is 0 Å². The van der Waals surface area contributed by atoms with Crippen molar-refractivity contribution in [2.75, 3.05) is 11.9 Å². The van der Waals surface area contributed by atoms with Gasteiger partial charge >= 0.3 is 0 Å². The Hall–Kier alpha value is -1.02. The van der Waals surface area contributed by atoms with Crippen molar-refractivity contribution in [3.05, 3.63) is 30.3 Å². The van der Waals surface area contributed by atoms with Gasteiger partial charge in [-0.1, -0.05) is 70.1 Å². The summed E-state index contributed by atoms with van der Waals surface area (Å²) in [7, 11) is 0. The molecule has 1 atom stereocenters. The fourth-order valence-electron chi connectivity index (χ4n) is 2.37. The van der Waals surface area contributed by atoms with Gasteiger partial charge in [0.25, 0.3) is 0 Å². The Morgan fingerprint density at radius 3 is 2.21 bits per heavy atom. The first-order valence-corrected chi connectivity index (χ1v) is 7.88. The minimum Gasteiger partial charge on any atom is -0.381 e. The SMILES string of the molecule is CCCCCCCCCC(CN)Nc1ccccc1. The molecule has 0 amide bonds. The zero-order chi connectivity index (χ0) is 13.8. The van der Waals surface area contributed by atoms with E-state index in [1.54, 1.807) is 0 Å². The second-order valence-electron chi connectivity index (χ2n) is 5.35. The van der Waals surface area contributed by atoms with E-state index in [-0.39, 0.29) is 0 Å². The number of unbranched alkanes of at least 4 members (excludes halogenated alkanes) is 6. The summed E-state index contributed by atoms with van der Waals surface area (Å²) in [4.78, 5) is 0. The molecule has 1 rings (SSSR count). The molecule has 0 aliphatic rings. The molecule has 0 aliphatic heterocycles. The molecule has 19 heavy (non-hydrogen) atoms. The van der Waals surface area contributed by atoms with Gasteiger partial charge in [0.15, 0.2) is 0 Å². The molecular weight excluding hydrogens is 232 g/mol. The molecular formula is C17H30N2. The van der Waals surface area contributed by atoms with Gasteiger partial charge in [-0.2, -0.15) is 0 Å². The zero-order valence-electron chi connectivity index (χ0n) is 12.4. The Bertz CT molecular complexity index is 297. The summed E-state index contributed by atoms with van der Waals surface area (Å²) in [5, 5.41) is 3.51. The molecule has 1 aromatic rings. The number of para-hydroxylation sites is 1. The van der Waals surface area contributed by atoms with E-state index in [9.17, 15) is 0 Å². The molecule has 0 fully saturated rings. The van der Waals surface area contributed by atoms with Crippen LogP contribution in [0.1, 0.15) is 58.3 Å². The van der Waals surface area contributed by atoms with Gasteiger partial charge < -0.3 is 11.1 Å². The quantitative estimate of drug-likeness (QED) is 0.573. The van der Waals surface area contributed by atoms with Crippen molar-refractivity contribution in [3.63, 3.8) is 0 Å². The number of hydrogen-bond acceptors (Lipinski definition) is 2. The molecule has 0 radical (unpaired) electrons. The van der Waals surface area contributed by atoms with E-state index in [1.807, 2.05) is 6.07 Å². The van der Waals surface area contributed by atoms with Crippen LogP contribution < -0.4 is 11.1 Å². The van der Waals surface area contributed by atoms with Crippen molar-refractivity contribution in [3.8, 4) is 0 Å². The van der Waals surface area contributed by atoms with Gasteiger partial charge in [-0.25, -0.2) is 0 Å². The maximum Gasteiger partial charge on any atom is 0.0383 e. The molecule has 0 heterocycles. The summed E-state index contributed by atoms with van der Waals surface area (Å²) in [5.74, 6) is 0. The lowest BCUT2D eigenvalue weighted by atomic mass is 10.0. The van der Waals surface area contributed by atoms with Crippen LogP contribution in [0.5, 0.6) is 0 Å². The number of nitrogens with one attached hydrogen (secondary N) is 1. The highest BCUT2D eigenvalue weighted by Gasteiger charge is 2.05. The van der Waals surface area contributed by atoms with Gasteiger partial charge in [0, 0.05) is 18.3 Å². The third-order valence-corrected chi connectivity index (χ3v) is 3.59. The van der Waals surface area contributed by atoms with E-state index in [1.165, 1.54) is 57.1 Å². The molecule has 1 aromatic carbocycles. The first-order valence-electron chi connectivity index (χ1n) is 7.88. The average Bonchev–Trinajstić information content (AvgIpc) is 2.46. The molecule has 1 unspecified atom stereocenters. The first-order chi connectivity index (χ1) is 9.36. The van der Waals surface area contributed by atoms with E-state index in [4.69, 9.17) is 5.73 Å². The number of rotatable bonds is 11. The second-order valence-corrected chi connectivity index (χ2v) is 5.35. The van der Waals surface area contributed by atoms with Gasteiger partial charge in [-0.05, 0) is 18.6 Å². The monoisotopic (exact) mass is 262 g/mol. The summed E-state index contributed by atoms with van der Waals surface area (Å²) in [6, 6.07) is 10.8. The van der Waals surface area contributed by atoms with Crippen LogP contribution in [0.15, 0.2) is 30.3 Å². The van der Waals surface area contributed by atoms with Crippen molar-refractivity contribution in [1.29, 1.82) is 0 Å². The van der Waals surface area contributed by atoms with E-state index in [0.29, 0.717) is 12.6 Å². The van der Waals surface area contributed by atoms with E-state index < -0.39 is 0 Å². The topological polar surface area (TPSA) is 38.0 Å². The van der Waals surface area contributed by atoms with Crippen molar-refractivity contribution >= 4 is 5.69 Å². The number of hydrogen-bond donors (Lipinski definition) is 2. The minimum absolute atomic E-state index is 0.415. The average molecular weight is 262 g/mol. The molecule has 0 aliphatic carbocycles. The van der Waals surface area contributed by atoms with Crippen LogP contribution in [0.4, 0.5) is 5.69 Å². The molecule has 108 valence electrons. The third kappa shape index (κ3) is 7.89. The highest BCUT2D eigenvalue weighted by atomic mass is 14.9. The minimum atomic E-state index is 0.415. The summed E-state index contributed by atoms with van der Waals surface area (Å²) < 4.78 is 0. The lowest BCUT2D eigenvalue weighted by Crippen LogP contribution is -2.28. The van der Waals surface area contributed by atoms with Gasteiger partial charge in [0.05, 0.1) is 0 Å². The van der Waals surface area contributed by atoms with Crippen LogP contribution in [-0.2, 0) is 0 Å². The zero-order valence-corrected chi connectivity index (χ0v) is 12.4. The summed E-state index contributed by atoms with van der Waals surface area (Å²) >= 11 is 0. The van der Waals surface area contributed by atoms with E-state index >= 15 is 0 Å². The normalized spacial score (nSPS) is 12.3. The Morgan fingerprint density at radius 1 is 0.947 bits per heavy atom. The smallest absolute Gasteiger partial charge is 0.0383 e.